The standard InChI is InChI=1S/C29H38N4O4S/c1-7-20(8-2)33-24-12-11-19(15-22(24)30-25(33)16-21-10-9-13-38-21)27(35)31-23-14-18(3)32(28(23)36)17-26(34)37-29(4,5)6/h9-13,15,18,20,23H,7-8,14,16-17H2,1-6H3,(H,31,35)/t18?,23-/m0/s1. The molecule has 0 aliphatic carbocycles. The highest BCUT2D eigenvalue weighted by Crippen LogP contribution is 2.29. The molecule has 0 radical (unpaired) electrons. The minimum atomic E-state index is -0.688. The van der Waals surface area contributed by atoms with Crippen LogP contribution in [0.2, 0.25) is 0 Å². The van der Waals surface area contributed by atoms with E-state index in [9.17, 15) is 14.4 Å². The van der Waals surface area contributed by atoms with Crippen LogP contribution in [-0.4, -0.2) is 56.5 Å². The van der Waals surface area contributed by atoms with Crippen molar-refractivity contribution in [3.05, 3.63) is 52.0 Å². The molecule has 1 aliphatic heterocycles. The summed E-state index contributed by atoms with van der Waals surface area (Å²) in [5.41, 5.74) is 1.62. The lowest BCUT2D eigenvalue weighted by Gasteiger charge is -2.24. The maximum absolute atomic E-state index is 13.2. The molecule has 4 rings (SSSR count). The first-order valence-electron chi connectivity index (χ1n) is 13.4. The highest BCUT2D eigenvalue weighted by Gasteiger charge is 2.39. The number of rotatable bonds is 9. The molecular formula is C29H38N4O4S. The first kappa shape index (κ1) is 27.8. The Morgan fingerprint density at radius 3 is 2.58 bits per heavy atom. The summed E-state index contributed by atoms with van der Waals surface area (Å²) in [4.78, 5) is 46.2. The number of thiophene rings is 1. The SMILES string of the molecule is CCC(CC)n1c(Cc2cccs2)nc2cc(C(=O)N[C@H]3CC(C)N(CC(=O)OC(C)(C)C)C3=O)ccc21. The second-order valence-electron chi connectivity index (χ2n) is 11.0. The van der Waals surface area contributed by atoms with E-state index >= 15 is 0 Å². The molecule has 8 nitrogen and oxygen atoms in total. The van der Waals surface area contributed by atoms with Crippen molar-refractivity contribution in [2.24, 2.45) is 0 Å². The number of ether oxygens (including phenoxy) is 1. The number of hydrogen-bond donors (Lipinski definition) is 1. The average Bonchev–Trinajstić information content (AvgIpc) is 3.54. The van der Waals surface area contributed by atoms with Crippen LogP contribution in [0.3, 0.4) is 0 Å². The Balaban J connectivity index is 1.52. The van der Waals surface area contributed by atoms with Crippen LogP contribution in [0.4, 0.5) is 0 Å². The van der Waals surface area contributed by atoms with Gasteiger partial charge in [-0.3, -0.25) is 14.4 Å². The van der Waals surface area contributed by atoms with E-state index in [1.165, 1.54) is 9.78 Å². The van der Waals surface area contributed by atoms with E-state index in [2.05, 4.69) is 35.2 Å². The summed E-state index contributed by atoms with van der Waals surface area (Å²) in [6.07, 6.45) is 3.16. The Hall–Kier alpha value is -3.20. The fourth-order valence-electron chi connectivity index (χ4n) is 5.14. The lowest BCUT2D eigenvalue weighted by atomic mass is 10.1. The van der Waals surface area contributed by atoms with Gasteiger partial charge in [-0.25, -0.2) is 4.98 Å². The van der Waals surface area contributed by atoms with Crippen molar-refractivity contribution < 1.29 is 19.1 Å². The van der Waals surface area contributed by atoms with Crippen molar-refractivity contribution in [2.45, 2.75) is 91.0 Å². The molecule has 204 valence electrons. The molecule has 0 saturated carbocycles. The van der Waals surface area contributed by atoms with E-state index in [1.807, 2.05) is 25.1 Å². The molecule has 2 atom stereocenters. The Labute approximate surface area is 228 Å². The van der Waals surface area contributed by atoms with Crippen LogP contribution in [-0.2, 0) is 20.7 Å². The number of benzene rings is 1. The summed E-state index contributed by atoms with van der Waals surface area (Å²) < 4.78 is 7.68. The van der Waals surface area contributed by atoms with E-state index < -0.39 is 17.6 Å². The first-order chi connectivity index (χ1) is 18.0. The number of likely N-dealkylation sites (tertiary alicyclic amines) is 1. The number of hydrogen-bond acceptors (Lipinski definition) is 6. The molecule has 3 aromatic rings. The predicted molar refractivity (Wildman–Crippen MR) is 149 cm³/mol. The molecule has 3 heterocycles. The summed E-state index contributed by atoms with van der Waals surface area (Å²) in [6, 6.07) is 9.19. The summed E-state index contributed by atoms with van der Waals surface area (Å²) in [5, 5.41) is 4.95. The molecule has 2 amide bonds. The smallest absolute Gasteiger partial charge is 0.326 e. The van der Waals surface area contributed by atoms with Gasteiger partial charge in [0.15, 0.2) is 0 Å². The zero-order valence-corrected chi connectivity index (χ0v) is 23.9. The quantitative estimate of drug-likeness (QED) is 0.382. The van der Waals surface area contributed by atoms with Crippen LogP contribution in [0.1, 0.15) is 87.9 Å². The topological polar surface area (TPSA) is 93.5 Å². The van der Waals surface area contributed by atoms with Gasteiger partial charge in [0.05, 0.1) is 11.0 Å². The Kier molecular flexibility index (Phi) is 8.25. The number of fused-ring (bicyclic) bond motifs is 1. The van der Waals surface area contributed by atoms with Crippen molar-refractivity contribution in [1.29, 1.82) is 0 Å². The first-order valence-corrected chi connectivity index (χ1v) is 14.2. The zero-order valence-electron chi connectivity index (χ0n) is 23.1. The number of imidazole rings is 1. The van der Waals surface area contributed by atoms with Gasteiger partial charge in [-0.1, -0.05) is 19.9 Å². The van der Waals surface area contributed by atoms with Crippen LogP contribution in [0, 0.1) is 0 Å². The summed E-state index contributed by atoms with van der Waals surface area (Å²) in [5.74, 6) is -0.0599. The third-order valence-electron chi connectivity index (χ3n) is 6.96. The van der Waals surface area contributed by atoms with Crippen LogP contribution in [0.15, 0.2) is 35.7 Å². The largest absolute Gasteiger partial charge is 0.459 e. The summed E-state index contributed by atoms with van der Waals surface area (Å²) in [7, 11) is 0. The molecule has 1 fully saturated rings. The normalized spacial score (nSPS) is 18.0. The van der Waals surface area contributed by atoms with Gasteiger partial charge in [-0.05, 0) is 76.6 Å². The molecule has 1 N–H and O–H groups in total. The van der Waals surface area contributed by atoms with Crippen molar-refractivity contribution in [1.82, 2.24) is 19.8 Å². The number of carbonyl (C=O) groups excluding carboxylic acids is 3. The molecule has 1 aliphatic rings. The third kappa shape index (κ3) is 6.09. The molecular weight excluding hydrogens is 500 g/mol. The lowest BCUT2D eigenvalue weighted by Crippen LogP contribution is -2.44. The molecule has 1 aromatic carbocycles. The number of carbonyl (C=O) groups is 3. The zero-order chi connectivity index (χ0) is 27.6. The van der Waals surface area contributed by atoms with Crippen molar-refractivity contribution >= 4 is 40.2 Å². The number of amides is 2. The maximum Gasteiger partial charge on any atom is 0.326 e. The molecule has 0 spiro atoms. The Bertz CT molecular complexity index is 1300. The minimum absolute atomic E-state index is 0.129. The summed E-state index contributed by atoms with van der Waals surface area (Å²) >= 11 is 1.71. The Morgan fingerprint density at radius 2 is 1.95 bits per heavy atom. The molecule has 0 bridgehead atoms. The fraction of sp³-hybridized carbons (Fsp3) is 0.517. The van der Waals surface area contributed by atoms with E-state index in [0.717, 1.165) is 36.1 Å². The molecule has 38 heavy (non-hydrogen) atoms. The van der Waals surface area contributed by atoms with Gasteiger partial charge < -0.3 is 19.5 Å². The highest BCUT2D eigenvalue weighted by molar-refractivity contribution is 7.09. The van der Waals surface area contributed by atoms with E-state index in [-0.39, 0.29) is 24.4 Å². The second kappa shape index (κ2) is 11.3. The van der Waals surface area contributed by atoms with Gasteiger partial charge in [-0.2, -0.15) is 0 Å². The van der Waals surface area contributed by atoms with E-state index in [1.54, 1.807) is 38.2 Å². The highest BCUT2D eigenvalue weighted by atomic mass is 32.1. The predicted octanol–water partition coefficient (Wildman–Crippen LogP) is 5.11. The number of nitrogens with one attached hydrogen (secondary N) is 1. The van der Waals surface area contributed by atoms with Crippen LogP contribution < -0.4 is 5.32 Å². The average molecular weight is 539 g/mol. The van der Waals surface area contributed by atoms with Crippen molar-refractivity contribution in [2.75, 3.05) is 6.54 Å². The maximum atomic E-state index is 13.2. The summed E-state index contributed by atoms with van der Waals surface area (Å²) in [6.45, 7) is 11.5. The van der Waals surface area contributed by atoms with E-state index in [0.29, 0.717) is 18.0 Å². The monoisotopic (exact) mass is 538 g/mol. The van der Waals surface area contributed by atoms with Crippen LogP contribution in [0.5, 0.6) is 0 Å². The van der Waals surface area contributed by atoms with Gasteiger partial charge in [0, 0.05) is 28.9 Å². The second-order valence-corrected chi connectivity index (χ2v) is 12.0. The number of aromatic nitrogens is 2. The minimum Gasteiger partial charge on any atom is -0.459 e. The fourth-order valence-corrected chi connectivity index (χ4v) is 5.84. The van der Waals surface area contributed by atoms with Gasteiger partial charge in [0.1, 0.15) is 24.0 Å². The van der Waals surface area contributed by atoms with Gasteiger partial charge in [0.2, 0.25) is 5.91 Å². The molecule has 1 saturated heterocycles. The van der Waals surface area contributed by atoms with Gasteiger partial charge >= 0.3 is 5.97 Å². The molecule has 1 unspecified atom stereocenters. The molecule has 9 heteroatoms. The lowest BCUT2D eigenvalue weighted by molar-refractivity contribution is -0.158. The third-order valence-corrected chi connectivity index (χ3v) is 7.84. The van der Waals surface area contributed by atoms with Gasteiger partial charge in [0.25, 0.3) is 5.91 Å². The number of nitrogens with zero attached hydrogens (tertiary/aromatic N) is 3. The van der Waals surface area contributed by atoms with Crippen molar-refractivity contribution in [3.63, 3.8) is 0 Å². The van der Waals surface area contributed by atoms with Gasteiger partial charge in [-0.15, -0.1) is 11.3 Å². The van der Waals surface area contributed by atoms with E-state index in [4.69, 9.17) is 9.72 Å². The molecule has 2 aromatic heterocycles. The van der Waals surface area contributed by atoms with Crippen LogP contribution >= 0.6 is 11.3 Å². The number of esters is 1. The Morgan fingerprint density at radius 1 is 1.21 bits per heavy atom. The van der Waals surface area contributed by atoms with Crippen LogP contribution in [0.25, 0.3) is 11.0 Å². The van der Waals surface area contributed by atoms with Crippen molar-refractivity contribution in [3.8, 4) is 0 Å².